The molecule has 1 aromatic heterocycles. The van der Waals surface area contributed by atoms with E-state index < -0.39 is 0 Å². The van der Waals surface area contributed by atoms with Crippen molar-refractivity contribution < 1.29 is 9.47 Å². The topological polar surface area (TPSA) is 39.5 Å². The average molecular weight is 542 g/mol. The van der Waals surface area contributed by atoms with Gasteiger partial charge in [-0.2, -0.15) is 0 Å². The molecule has 2 saturated carbocycles. The Labute approximate surface area is 240 Å². The molecule has 1 aliphatic heterocycles. The zero-order valence-corrected chi connectivity index (χ0v) is 24.3. The number of imidazole rings is 1. The number of aromatic nitrogens is 2. The Morgan fingerprint density at radius 3 is 2.25 bits per heavy atom. The van der Waals surface area contributed by atoms with Crippen LogP contribution in [-0.2, 0) is 22.6 Å². The minimum absolute atomic E-state index is 0.287. The first kappa shape index (κ1) is 27.7. The molecule has 5 heteroatoms. The molecule has 2 aliphatic carbocycles. The monoisotopic (exact) mass is 541 g/mol. The SMILES string of the molecule is CCCCn1c(-c2ccccc2)nc(-c2ccccc2)c1CN(CC1CCCCC1)CC1CCC2OCOC2C1. The fraction of sp³-hybridized carbons (Fsp3) is 0.571. The molecular formula is C35H47N3O2. The number of nitrogens with zero attached hydrogens (tertiary/aromatic N) is 3. The zero-order chi connectivity index (χ0) is 27.1. The molecule has 6 rings (SSSR count). The molecule has 3 unspecified atom stereocenters. The van der Waals surface area contributed by atoms with Crippen LogP contribution in [-0.4, -0.2) is 46.5 Å². The van der Waals surface area contributed by atoms with Crippen molar-refractivity contribution in [3.8, 4) is 22.6 Å². The number of hydrogen-bond donors (Lipinski definition) is 0. The predicted molar refractivity (Wildman–Crippen MR) is 162 cm³/mol. The third-order valence-electron chi connectivity index (χ3n) is 9.42. The van der Waals surface area contributed by atoms with E-state index in [0.717, 1.165) is 56.3 Å². The van der Waals surface area contributed by atoms with Crippen LogP contribution in [0.25, 0.3) is 22.6 Å². The van der Waals surface area contributed by atoms with Crippen LogP contribution in [0.2, 0.25) is 0 Å². The molecule has 2 heterocycles. The molecule has 1 saturated heterocycles. The molecule has 40 heavy (non-hydrogen) atoms. The van der Waals surface area contributed by atoms with Crippen molar-refractivity contribution in [1.29, 1.82) is 0 Å². The third kappa shape index (κ3) is 6.53. The van der Waals surface area contributed by atoms with E-state index in [9.17, 15) is 0 Å². The lowest BCUT2D eigenvalue weighted by molar-refractivity contribution is 0.0376. The Morgan fingerprint density at radius 1 is 0.800 bits per heavy atom. The number of rotatable bonds is 11. The van der Waals surface area contributed by atoms with Gasteiger partial charge in [0, 0.05) is 37.3 Å². The van der Waals surface area contributed by atoms with E-state index in [1.807, 2.05) is 0 Å². The van der Waals surface area contributed by atoms with Crippen molar-refractivity contribution >= 4 is 0 Å². The summed E-state index contributed by atoms with van der Waals surface area (Å²) in [6, 6.07) is 21.7. The maximum absolute atomic E-state index is 5.97. The maximum atomic E-state index is 5.97. The Hall–Kier alpha value is -2.47. The molecule has 3 fully saturated rings. The molecule has 3 aromatic rings. The van der Waals surface area contributed by atoms with Crippen LogP contribution in [0.1, 0.15) is 76.8 Å². The number of ether oxygens (including phenoxy) is 2. The molecule has 214 valence electrons. The highest BCUT2D eigenvalue weighted by Gasteiger charge is 2.37. The summed E-state index contributed by atoms with van der Waals surface area (Å²) in [5, 5.41) is 0. The average Bonchev–Trinajstić information content (AvgIpc) is 3.62. The molecule has 3 aliphatic rings. The highest BCUT2D eigenvalue weighted by atomic mass is 16.7. The van der Waals surface area contributed by atoms with Crippen LogP contribution in [0.15, 0.2) is 60.7 Å². The Kier molecular flexibility index (Phi) is 9.32. The molecule has 0 spiro atoms. The van der Waals surface area contributed by atoms with Crippen LogP contribution < -0.4 is 0 Å². The molecule has 5 nitrogen and oxygen atoms in total. The first-order valence-corrected chi connectivity index (χ1v) is 15.9. The second-order valence-electron chi connectivity index (χ2n) is 12.4. The van der Waals surface area contributed by atoms with Crippen molar-refractivity contribution in [3.63, 3.8) is 0 Å². The maximum Gasteiger partial charge on any atom is 0.147 e. The summed E-state index contributed by atoms with van der Waals surface area (Å²) in [5.41, 5.74) is 4.96. The van der Waals surface area contributed by atoms with Crippen LogP contribution in [0.5, 0.6) is 0 Å². The number of unbranched alkanes of at least 4 members (excludes halogenated alkanes) is 1. The molecule has 0 bridgehead atoms. The fourth-order valence-electron chi connectivity index (χ4n) is 7.28. The molecule has 3 atom stereocenters. The van der Waals surface area contributed by atoms with Gasteiger partial charge >= 0.3 is 0 Å². The highest BCUT2D eigenvalue weighted by molar-refractivity contribution is 5.68. The molecule has 0 radical (unpaired) electrons. The summed E-state index contributed by atoms with van der Waals surface area (Å²) in [6.07, 6.45) is 13.4. The summed E-state index contributed by atoms with van der Waals surface area (Å²) < 4.78 is 14.4. The van der Waals surface area contributed by atoms with E-state index in [1.165, 1.54) is 68.3 Å². The van der Waals surface area contributed by atoms with Gasteiger partial charge in [-0.1, -0.05) is 93.3 Å². The van der Waals surface area contributed by atoms with Gasteiger partial charge < -0.3 is 14.0 Å². The number of hydrogen-bond acceptors (Lipinski definition) is 4. The van der Waals surface area contributed by atoms with Crippen LogP contribution >= 0.6 is 0 Å². The minimum Gasteiger partial charge on any atom is -0.349 e. The van der Waals surface area contributed by atoms with Gasteiger partial charge in [0.2, 0.25) is 0 Å². The molecule has 0 amide bonds. The van der Waals surface area contributed by atoms with Gasteiger partial charge in [0.1, 0.15) is 12.6 Å². The van der Waals surface area contributed by atoms with Gasteiger partial charge in [-0.05, 0) is 50.4 Å². The van der Waals surface area contributed by atoms with E-state index in [1.54, 1.807) is 0 Å². The van der Waals surface area contributed by atoms with E-state index in [4.69, 9.17) is 14.5 Å². The standard InChI is InChI=1S/C35H47N3O2/c1-2-3-21-38-31(34(29-15-9-5-10-16-29)36-35(38)30-17-11-6-12-18-30)25-37(23-27-13-7-4-8-14-27)24-28-19-20-32-33(22-28)40-26-39-32/h5-6,9-12,15-18,27-28,32-33H,2-4,7-8,13-14,19-26H2,1H3. The lowest BCUT2D eigenvalue weighted by Gasteiger charge is -2.36. The van der Waals surface area contributed by atoms with E-state index in [-0.39, 0.29) is 6.10 Å². The Balaban J connectivity index is 1.35. The third-order valence-corrected chi connectivity index (χ3v) is 9.42. The quantitative estimate of drug-likeness (QED) is 0.247. The van der Waals surface area contributed by atoms with Gasteiger partial charge in [-0.15, -0.1) is 0 Å². The number of benzene rings is 2. The van der Waals surface area contributed by atoms with Crippen molar-refractivity contribution in [2.75, 3.05) is 19.9 Å². The normalized spacial score (nSPS) is 23.5. The summed E-state index contributed by atoms with van der Waals surface area (Å²) in [4.78, 5) is 8.20. The van der Waals surface area contributed by atoms with Crippen LogP contribution in [0.3, 0.4) is 0 Å². The molecular weight excluding hydrogens is 494 g/mol. The van der Waals surface area contributed by atoms with Crippen molar-refractivity contribution in [1.82, 2.24) is 14.5 Å². The van der Waals surface area contributed by atoms with Gasteiger partial charge in [0.15, 0.2) is 0 Å². The van der Waals surface area contributed by atoms with Gasteiger partial charge in [0.05, 0.1) is 23.6 Å². The van der Waals surface area contributed by atoms with Crippen LogP contribution in [0.4, 0.5) is 0 Å². The van der Waals surface area contributed by atoms with Crippen LogP contribution in [0, 0.1) is 11.8 Å². The summed E-state index contributed by atoms with van der Waals surface area (Å²) in [7, 11) is 0. The molecule has 2 aromatic carbocycles. The highest BCUT2D eigenvalue weighted by Crippen LogP contribution is 2.36. The minimum atomic E-state index is 0.287. The smallest absolute Gasteiger partial charge is 0.147 e. The van der Waals surface area contributed by atoms with Crippen molar-refractivity contribution in [2.45, 2.75) is 96.4 Å². The summed E-state index contributed by atoms with van der Waals surface area (Å²) in [6.45, 7) is 7.05. The second-order valence-corrected chi connectivity index (χ2v) is 12.4. The zero-order valence-electron chi connectivity index (χ0n) is 24.3. The summed E-state index contributed by atoms with van der Waals surface area (Å²) >= 11 is 0. The lowest BCUT2D eigenvalue weighted by Crippen LogP contribution is -2.39. The van der Waals surface area contributed by atoms with Gasteiger partial charge in [-0.3, -0.25) is 4.90 Å². The van der Waals surface area contributed by atoms with E-state index in [2.05, 4.69) is 77.1 Å². The lowest BCUT2D eigenvalue weighted by atomic mass is 9.84. The second kappa shape index (κ2) is 13.5. The van der Waals surface area contributed by atoms with E-state index >= 15 is 0 Å². The first-order valence-electron chi connectivity index (χ1n) is 15.9. The summed E-state index contributed by atoms with van der Waals surface area (Å²) in [5.74, 6) is 2.57. The Bertz CT molecular complexity index is 1190. The fourth-order valence-corrected chi connectivity index (χ4v) is 7.28. The van der Waals surface area contributed by atoms with Crippen molar-refractivity contribution in [2.24, 2.45) is 11.8 Å². The number of fused-ring (bicyclic) bond motifs is 1. The Morgan fingerprint density at radius 2 is 1.50 bits per heavy atom. The van der Waals surface area contributed by atoms with Gasteiger partial charge in [0.25, 0.3) is 0 Å². The predicted octanol–water partition coefficient (Wildman–Crippen LogP) is 7.94. The van der Waals surface area contributed by atoms with Gasteiger partial charge in [-0.25, -0.2) is 4.98 Å². The molecule has 0 N–H and O–H groups in total. The van der Waals surface area contributed by atoms with E-state index in [0.29, 0.717) is 18.8 Å². The largest absolute Gasteiger partial charge is 0.349 e. The first-order chi connectivity index (χ1) is 19.8. The van der Waals surface area contributed by atoms with Crippen molar-refractivity contribution in [3.05, 3.63) is 66.4 Å².